The van der Waals surface area contributed by atoms with E-state index in [0.29, 0.717) is 37.6 Å². The summed E-state index contributed by atoms with van der Waals surface area (Å²) in [5.41, 5.74) is 1.59. The first-order chi connectivity index (χ1) is 15.1. The summed E-state index contributed by atoms with van der Waals surface area (Å²) in [4.78, 5) is 32.4. The molecule has 2 saturated heterocycles. The van der Waals surface area contributed by atoms with Crippen LogP contribution in [0.2, 0.25) is 0 Å². The fourth-order valence-electron chi connectivity index (χ4n) is 4.12. The van der Waals surface area contributed by atoms with Crippen LogP contribution in [0.4, 0.5) is 29.3 Å². The monoisotopic (exact) mass is 446 g/mol. The Balaban J connectivity index is 1.39. The van der Waals surface area contributed by atoms with E-state index in [1.807, 2.05) is 41.0 Å². The number of rotatable bonds is 4. The molecule has 9 heteroatoms. The van der Waals surface area contributed by atoms with Crippen LogP contribution in [-0.2, 0) is 11.0 Å². The largest absolute Gasteiger partial charge is 0.416 e. The Morgan fingerprint density at radius 2 is 1.59 bits per heavy atom. The number of aryl methyl sites for hydroxylation is 1. The van der Waals surface area contributed by atoms with Crippen LogP contribution < -0.4 is 9.80 Å². The second-order valence-corrected chi connectivity index (χ2v) is 8.22. The van der Waals surface area contributed by atoms with Crippen LogP contribution in [0.1, 0.15) is 18.1 Å². The number of anilines is 2. The summed E-state index contributed by atoms with van der Waals surface area (Å²) in [5.74, 6) is -0.254. The van der Waals surface area contributed by atoms with Gasteiger partial charge in [0, 0.05) is 37.6 Å². The van der Waals surface area contributed by atoms with Crippen molar-refractivity contribution in [3.05, 3.63) is 59.7 Å². The molecule has 2 aliphatic rings. The smallest absolute Gasteiger partial charge is 0.369 e. The molecule has 0 aliphatic carbocycles. The first-order valence-electron chi connectivity index (χ1n) is 10.5. The molecule has 2 aliphatic heterocycles. The lowest BCUT2D eigenvalue weighted by atomic mass is 10.1. The number of hydrogen-bond donors (Lipinski definition) is 0. The van der Waals surface area contributed by atoms with Gasteiger partial charge in [-0.25, -0.2) is 9.69 Å². The van der Waals surface area contributed by atoms with Gasteiger partial charge in [-0.3, -0.25) is 14.6 Å². The van der Waals surface area contributed by atoms with Gasteiger partial charge in [0.05, 0.1) is 12.2 Å². The highest BCUT2D eigenvalue weighted by molar-refractivity contribution is 6.14. The predicted octanol–water partition coefficient (Wildman–Crippen LogP) is 3.95. The molecule has 0 unspecified atom stereocenters. The molecule has 2 aromatic rings. The molecule has 3 amide bonds. The highest BCUT2D eigenvalue weighted by Gasteiger charge is 2.44. The zero-order valence-corrected chi connectivity index (χ0v) is 18.0. The van der Waals surface area contributed by atoms with Crippen LogP contribution in [0.3, 0.4) is 0 Å². The van der Waals surface area contributed by atoms with E-state index in [4.69, 9.17) is 0 Å². The van der Waals surface area contributed by atoms with Crippen LogP contribution in [0.25, 0.3) is 0 Å². The molecule has 1 atom stereocenters. The number of carbonyl (C=O) groups excluding carboxylic acids is 2. The Hall–Kier alpha value is -3.07. The number of hydrogen-bond acceptors (Lipinski definition) is 4. The van der Waals surface area contributed by atoms with Gasteiger partial charge in [-0.1, -0.05) is 23.8 Å². The van der Waals surface area contributed by atoms with E-state index in [1.54, 1.807) is 13.0 Å². The lowest BCUT2D eigenvalue weighted by Gasteiger charge is -2.37. The summed E-state index contributed by atoms with van der Waals surface area (Å²) < 4.78 is 39.0. The lowest BCUT2D eigenvalue weighted by molar-refractivity contribution is -0.137. The average Bonchev–Trinajstić information content (AvgIpc) is 2.98. The van der Waals surface area contributed by atoms with Crippen molar-refractivity contribution < 1.29 is 22.8 Å². The Morgan fingerprint density at radius 1 is 0.938 bits per heavy atom. The van der Waals surface area contributed by atoms with E-state index in [9.17, 15) is 22.8 Å². The second-order valence-electron chi connectivity index (χ2n) is 8.22. The Labute approximate surface area is 184 Å². The number of amides is 3. The molecule has 2 aromatic carbocycles. The summed E-state index contributed by atoms with van der Waals surface area (Å²) >= 11 is 0. The molecule has 6 nitrogen and oxygen atoms in total. The maximum absolute atomic E-state index is 13.0. The average molecular weight is 446 g/mol. The van der Waals surface area contributed by atoms with Crippen molar-refractivity contribution in [1.82, 2.24) is 9.80 Å². The van der Waals surface area contributed by atoms with Crippen LogP contribution in [0, 0.1) is 6.92 Å². The minimum Gasteiger partial charge on any atom is -0.369 e. The third kappa shape index (κ3) is 4.29. The van der Waals surface area contributed by atoms with Gasteiger partial charge in [-0.15, -0.1) is 0 Å². The van der Waals surface area contributed by atoms with Crippen molar-refractivity contribution in [2.24, 2.45) is 0 Å². The SMILES string of the molecule is Cc1ccc(N2C(=O)N(CN3CCN(c4cccc(C(F)(F)F)c4)CC3)C(=O)[C@H]2C)cc1. The van der Waals surface area contributed by atoms with E-state index < -0.39 is 17.8 Å². The van der Waals surface area contributed by atoms with E-state index in [2.05, 4.69) is 0 Å². The zero-order valence-electron chi connectivity index (χ0n) is 18.0. The van der Waals surface area contributed by atoms with Gasteiger partial charge in [0.2, 0.25) is 0 Å². The van der Waals surface area contributed by atoms with Crippen molar-refractivity contribution in [3.8, 4) is 0 Å². The van der Waals surface area contributed by atoms with Crippen molar-refractivity contribution in [1.29, 1.82) is 0 Å². The van der Waals surface area contributed by atoms with Crippen LogP contribution in [-0.4, -0.2) is 60.6 Å². The zero-order chi connectivity index (χ0) is 23.0. The third-order valence-electron chi connectivity index (χ3n) is 6.01. The van der Waals surface area contributed by atoms with Gasteiger partial charge in [-0.05, 0) is 44.2 Å². The molecule has 0 aromatic heterocycles. The fourth-order valence-corrected chi connectivity index (χ4v) is 4.12. The molecule has 2 heterocycles. The topological polar surface area (TPSA) is 47.1 Å². The molecule has 0 N–H and O–H groups in total. The number of carbonyl (C=O) groups is 2. The van der Waals surface area contributed by atoms with E-state index >= 15 is 0 Å². The van der Waals surface area contributed by atoms with Crippen molar-refractivity contribution in [3.63, 3.8) is 0 Å². The molecule has 0 radical (unpaired) electrons. The number of nitrogens with zero attached hydrogens (tertiary/aromatic N) is 4. The highest BCUT2D eigenvalue weighted by atomic mass is 19.4. The molecule has 0 saturated carbocycles. The molecule has 4 rings (SSSR count). The van der Waals surface area contributed by atoms with Gasteiger partial charge < -0.3 is 4.90 Å². The van der Waals surface area contributed by atoms with Crippen LogP contribution >= 0.6 is 0 Å². The maximum atomic E-state index is 13.0. The van der Waals surface area contributed by atoms with Gasteiger partial charge in [-0.2, -0.15) is 13.2 Å². The van der Waals surface area contributed by atoms with Crippen molar-refractivity contribution in [2.45, 2.75) is 26.1 Å². The second kappa shape index (κ2) is 8.46. The van der Waals surface area contributed by atoms with E-state index in [1.165, 1.54) is 15.9 Å². The summed E-state index contributed by atoms with van der Waals surface area (Å²) in [7, 11) is 0. The van der Waals surface area contributed by atoms with Gasteiger partial charge >= 0.3 is 12.2 Å². The summed E-state index contributed by atoms with van der Waals surface area (Å²) in [5, 5.41) is 0. The van der Waals surface area contributed by atoms with E-state index in [0.717, 1.165) is 17.7 Å². The molecule has 32 heavy (non-hydrogen) atoms. The van der Waals surface area contributed by atoms with Gasteiger partial charge in [0.15, 0.2) is 0 Å². The highest BCUT2D eigenvalue weighted by Crippen LogP contribution is 2.32. The first kappa shape index (κ1) is 22.1. The summed E-state index contributed by atoms with van der Waals surface area (Å²) in [6, 6.07) is 11.8. The lowest BCUT2D eigenvalue weighted by Crippen LogP contribution is -2.51. The molecule has 170 valence electrons. The fraction of sp³-hybridized carbons (Fsp3) is 0.391. The number of urea groups is 1. The standard InChI is InChI=1S/C23H25F3N4O2/c1-16-6-8-19(9-7-16)30-17(2)21(31)29(22(30)32)15-27-10-12-28(13-11-27)20-5-3-4-18(14-20)23(24,25)26/h3-9,14,17H,10-13,15H2,1-2H3/t17-/m1/s1. The van der Waals surface area contributed by atoms with Crippen LogP contribution in [0.5, 0.6) is 0 Å². The normalized spacial score (nSPS) is 20.4. The number of halogens is 3. The third-order valence-corrected chi connectivity index (χ3v) is 6.01. The van der Waals surface area contributed by atoms with Gasteiger partial charge in [0.1, 0.15) is 6.04 Å². The Morgan fingerprint density at radius 3 is 2.22 bits per heavy atom. The van der Waals surface area contributed by atoms with Crippen LogP contribution in [0.15, 0.2) is 48.5 Å². The molecule has 0 spiro atoms. The molecule has 0 bridgehead atoms. The first-order valence-corrected chi connectivity index (χ1v) is 10.5. The van der Waals surface area contributed by atoms with Crippen molar-refractivity contribution >= 4 is 23.3 Å². The number of benzene rings is 2. The minimum atomic E-state index is -4.38. The summed E-state index contributed by atoms with van der Waals surface area (Å²) in [6.45, 7) is 5.92. The Kier molecular flexibility index (Phi) is 5.85. The van der Waals surface area contributed by atoms with Crippen molar-refractivity contribution in [2.75, 3.05) is 42.6 Å². The maximum Gasteiger partial charge on any atom is 0.416 e. The minimum absolute atomic E-state index is 0.167. The molecular formula is C23H25F3N4O2. The molecule has 2 fully saturated rings. The quantitative estimate of drug-likeness (QED) is 0.668. The Bertz CT molecular complexity index is 1000. The number of alkyl halides is 3. The van der Waals surface area contributed by atoms with Gasteiger partial charge in [0.25, 0.3) is 5.91 Å². The number of piperazine rings is 1. The summed E-state index contributed by atoms with van der Waals surface area (Å²) in [6.07, 6.45) is -4.38. The van der Waals surface area contributed by atoms with E-state index in [-0.39, 0.29) is 18.6 Å². The molecular weight excluding hydrogens is 421 g/mol. The predicted molar refractivity (Wildman–Crippen MR) is 115 cm³/mol. The number of imide groups is 1.